The highest BCUT2D eigenvalue weighted by Gasteiger charge is 2.20. The molecule has 0 radical (unpaired) electrons. The summed E-state index contributed by atoms with van der Waals surface area (Å²) in [6, 6.07) is 12.4. The number of nitrogens with zero attached hydrogens (tertiary/aromatic N) is 2. The van der Waals surface area contributed by atoms with Crippen LogP contribution in [0.15, 0.2) is 53.6 Å². The first kappa shape index (κ1) is 18.4. The fraction of sp³-hybridized carbons (Fsp3) is 0.278. The highest BCUT2D eigenvalue weighted by molar-refractivity contribution is 7.89. The minimum Gasteiger partial charge on any atom is -0.497 e. The number of fused-ring (bicyclic) bond motifs is 1. The number of benzene rings is 2. The zero-order chi connectivity index (χ0) is 18.7. The van der Waals surface area contributed by atoms with E-state index in [4.69, 9.17) is 4.74 Å². The maximum Gasteiger partial charge on any atom is 0.240 e. The summed E-state index contributed by atoms with van der Waals surface area (Å²) in [4.78, 5) is 2.17. The van der Waals surface area contributed by atoms with Gasteiger partial charge in [0.1, 0.15) is 5.75 Å². The Kier molecular flexibility index (Phi) is 5.26. The maximum atomic E-state index is 12.7. The van der Waals surface area contributed by atoms with Crippen LogP contribution in [-0.4, -0.2) is 51.3 Å². The van der Waals surface area contributed by atoms with Gasteiger partial charge in [-0.1, -0.05) is 12.1 Å². The molecule has 0 fully saturated rings. The summed E-state index contributed by atoms with van der Waals surface area (Å²) >= 11 is 0. The van der Waals surface area contributed by atoms with Crippen molar-refractivity contribution in [3.8, 4) is 5.75 Å². The SMILES string of the molecule is COc1cccc([C@@H](CNS(=O)(=O)c2ccc3cn[nH]c3c2)N(C)C)c1. The molecule has 0 saturated carbocycles. The Balaban J connectivity index is 1.81. The van der Waals surface area contributed by atoms with E-state index in [-0.39, 0.29) is 17.5 Å². The predicted molar refractivity (Wildman–Crippen MR) is 101 cm³/mol. The van der Waals surface area contributed by atoms with Crippen LogP contribution in [0.5, 0.6) is 5.75 Å². The van der Waals surface area contributed by atoms with Crippen LogP contribution in [-0.2, 0) is 10.0 Å². The quantitative estimate of drug-likeness (QED) is 0.662. The van der Waals surface area contributed by atoms with Gasteiger partial charge in [0, 0.05) is 18.0 Å². The van der Waals surface area contributed by atoms with E-state index in [1.807, 2.05) is 43.3 Å². The molecule has 2 N–H and O–H groups in total. The average Bonchev–Trinajstić information content (AvgIpc) is 3.09. The topological polar surface area (TPSA) is 87.3 Å². The van der Waals surface area contributed by atoms with Crippen LogP contribution in [0.2, 0.25) is 0 Å². The van der Waals surface area contributed by atoms with Crippen molar-refractivity contribution in [2.24, 2.45) is 0 Å². The smallest absolute Gasteiger partial charge is 0.240 e. The van der Waals surface area contributed by atoms with Crippen molar-refractivity contribution < 1.29 is 13.2 Å². The molecule has 0 aliphatic heterocycles. The van der Waals surface area contributed by atoms with Crippen LogP contribution >= 0.6 is 0 Å². The van der Waals surface area contributed by atoms with Crippen molar-refractivity contribution >= 4 is 20.9 Å². The molecule has 0 bridgehead atoms. The fourth-order valence-corrected chi connectivity index (χ4v) is 3.87. The molecule has 3 rings (SSSR count). The number of aromatic amines is 1. The molecule has 2 aromatic carbocycles. The van der Waals surface area contributed by atoms with Gasteiger partial charge >= 0.3 is 0 Å². The lowest BCUT2D eigenvalue weighted by atomic mass is 10.1. The number of aromatic nitrogens is 2. The molecular formula is C18H22N4O3S. The number of hydrogen-bond acceptors (Lipinski definition) is 5. The number of likely N-dealkylation sites (N-methyl/N-ethyl adjacent to an activating group) is 1. The van der Waals surface area contributed by atoms with Gasteiger partial charge in [0.05, 0.1) is 23.7 Å². The van der Waals surface area contributed by atoms with Gasteiger partial charge in [0.2, 0.25) is 10.0 Å². The molecule has 138 valence electrons. The Labute approximate surface area is 153 Å². The normalized spacial score (nSPS) is 13.2. The number of nitrogens with one attached hydrogen (secondary N) is 2. The molecule has 3 aromatic rings. The summed E-state index contributed by atoms with van der Waals surface area (Å²) in [6.07, 6.45) is 1.66. The number of hydrogen-bond donors (Lipinski definition) is 2. The van der Waals surface area contributed by atoms with Crippen molar-refractivity contribution in [2.45, 2.75) is 10.9 Å². The predicted octanol–water partition coefficient (Wildman–Crippen LogP) is 2.15. The molecule has 0 spiro atoms. The van der Waals surface area contributed by atoms with Crippen molar-refractivity contribution in [3.63, 3.8) is 0 Å². The first-order valence-corrected chi connectivity index (χ1v) is 9.62. The summed E-state index contributed by atoms with van der Waals surface area (Å²) in [7, 11) is 1.80. The van der Waals surface area contributed by atoms with Gasteiger partial charge in [0.15, 0.2) is 0 Å². The van der Waals surface area contributed by atoms with E-state index in [1.54, 1.807) is 31.5 Å². The third-order valence-electron chi connectivity index (χ3n) is 4.29. The Morgan fingerprint density at radius 2 is 2.04 bits per heavy atom. The summed E-state index contributed by atoms with van der Waals surface area (Å²) in [5, 5.41) is 7.58. The third kappa shape index (κ3) is 3.87. The first-order valence-electron chi connectivity index (χ1n) is 8.14. The van der Waals surface area contributed by atoms with Gasteiger partial charge in [-0.3, -0.25) is 5.10 Å². The first-order chi connectivity index (χ1) is 12.4. The Morgan fingerprint density at radius 3 is 2.77 bits per heavy atom. The zero-order valence-electron chi connectivity index (χ0n) is 14.9. The highest BCUT2D eigenvalue weighted by atomic mass is 32.2. The van der Waals surface area contributed by atoms with Gasteiger partial charge in [0.25, 0.3) is 0 Å². The van der Waals surface area contributed by atoms with E-state index in [2.05, 4.69) is 14.9 Å². The lowest BCUT2D eigenvalue weighted by Gasteiger charge is -2.25. The van der Waals surface area contributed by atoms with Gasteiger partial charge in [-0.25, -0.2) is 13.1 Å². The van der Waals surface area contributed by atoms with Crippen LogP contribution in [0, 0.1) is 0 Å². The second-order valence-corrected chi connectivity index (χ2v) is 7.99. The Hall–Kier alpha value is -2.42. The van der Waals surface area contributed by atoms with E-state index in [0.29, 0.717) is 5.52 Å². The van der Waals surface area contributed by atoms with Crippen LogP contribution in [0.4, 0.5) is 0 Å². The monoisotopic (exact) mass is 374 g/mol. The maximum absolute atomic E-state index is 12.7. The molecule has 1 aromatic heterocycles. The summed E-state index contributed by atoms with van der Waals surface area (Å²) in [5.74, 6) is 0.738. The van der Waals surface area contributed by atoms with Crippen LogP contribution in [0.1, 0.15) is 11.6 Å². The van der Waals surface area contributed by atoms with Gasteiger partial charge < -0.3 is 9.64 Å². The highest BCUT2D eigenvalue weighted by Crippen LogP contribution is 2.23. The molecule has 0 unspecified atom stereocenters. The summed E-state index contributed by atoms with van der Waals surface area (Å²) in [6.45, 7) is 0.240. The molecule has 7 nitrogen and oxygen atoms in total. The van der Waals surface area contributed by atoms with Crippen molar-refractivity contribution in [2.75, 3.05) is 27.7 Å². The van der Waals surface area contributed by atoms with E-state index in [9.17, 15) is 8.42 Å². The minimum absolute atomic E-state index is 0.129. The standard InChI is InChI=1S/C18H22N4O3S/c1-22(2)18(13-5-4-6-15(9-13)25-3)12-20-26(23,24)16-8-7-14-11-19-21-17(14)10-16/h4-11,18,20H,12H2,1-3H3,(H,19,21)/t18-/m1/s1. The van der Waals surface area contributed by atoms with Gasteiger partial charge in [-0.15, -0.1) is 0 Å². The van der Waals surface area contributed by atoms with E-state index >= 15 is 0 Å². The van der Waals surface area contributed by atoms with Crippen molar-refractivity contribution in [3.05, 3.63) is 54.2 Å². The summed E-state index contributed by atoms with van der Waals surface area (Å²) < 4.78 is 33.4. The fourth-order valence-electron chi connectivity index (χ4n) is 2.80. The van der Waals surface area contributed by atoms with Crippen molar-refractivity contribution in [1.82, 2.24) is 19.8 Å². The summed E-state index contributed by atoms with van der Waals surface area (Å²) in [5.41, 5.74) is 1.66. The van der Waals surface area contributed by atoms with E-state index in [0.717, 1.165) is 16.7 Å². The number of sulfonamides is 1. The van der Waals surface area contributed by atoms with Gasteiger partial charge in [-0.2, -0.15) is 5.10 Å². The molecule has 1 atom stereocenters. The molecule has 0 aliphatic rings. The molecule has 1 heterocycles. The number of ether oxygens (including phenoxy) is 1. The Morgan fingerprint density at radius 1 is 1.23 bits per heavy atom. The molecule has 0 amide bonds. The third-order valence-corrected chi connectivity index (χ3v) is 5.71. The number of methoxy groups -OCH3 is 1. The van der Waals surface area contributed by atoms with Crippen LogP contribution in [0.25, 0.3) is 10.9 Å². The lowest BCUT2D eigenvalue weighted by Crippen LogP contribution is -2.34. The van der Waals surface area contributed by atoms with Crippen LogP contribution in [0.3, 0.4) is 0 Å². The van der Waals surface area contributed by atoms with Crippen molar-refractivity contribution in [1.29, 1.82) is 0 Å². The largest absolute Gasteiger partial charge is 0.497 e. The van der Waals surface area contributed by atoms with Gasteiger partial charge in [-0.05, 0) is 50.0 Å². The number of rotatable bonds is 7. The molecule has 8 heteroatoms. The molecular weight excluding hydrogens is 352 g/mol. The lowest BCUT2D eigenvalue weighted by molar-refractivity contribution is 0.298. The van der Waals surface area contributed by atoms with E-state index in [1.165, 1.54) is 0 Å². The average molecular weight is 374 g/mol. The zero-order valence-corrected chi connectivity index (χ0v) is 15.7. The van der Waals surface area contributed by atoms with E-state index < -0.39 is 10.0 Å². The number of H-pyrrole nitrogens is 1. The molecule has 0 saturated heterocycles. The minimum atomic E-state index is -3.64. The second kappa shape index (κ2) is 7.45. The molecule has 0 aliphatic carbocycles. The second-order valence-electron chi connectivity index (χ2n) is 6.23. The van der Waals surface area contributed by atoms with Crippen LogP contribution < -0.4 is 9.46 Å². The Bertz CT molecular complexity index is 998. The molecule has 26 heavy (non-hydrogen) atoms.